The van der Waals surface area contributed by atoms with Crippen molar-refractivity contribution in [2.24, 2.45) is 0 Å². The Morgan fingerprint density at radius 1 is 1.07 bits per heavy atom. The van der Waals surface area contributed by atoms with Crippen molar-refractivity contribution in [3.63, 3.8) is 0 Å². The maximum Gasteiger partial charge on any atom is 0.337 e. The van der Waals surface area contributed by atoms with Gasteiger partial charge in [-0.2, -0.15) is 0 Å². The summed E-state index contributed by atoms with van der Waals surface area (Å²) in [5, 5.41) is 22.7. The topological polar surface area (TPSA) is 71.7 Å². The smallest absolute Gasteiger partial charge is 0.337 e. The van der Waals surface area contributed by atoms with E-state index in [9.17, 15) is 15.0 Å². The largest absolute Gasteiger partial charge is 0.465 e. The summed E-state index contributed by atoms with van der Waals surface area (Å²) in [5.41, 5.74) is 5.50. The Bertz CT molecular complexity index is 1110. The van der Waals surface area contributed by atoms with Crippen LogP contribution in [0.2, 0.25) is 0 Å². The van der Waals surface area contributed by atoms with Crippen LogP contribution in [0.4, 0.5) is 0 Å². The van der Waals surface area contributed by atoms with Gasteiger partial charge in [-0.3, -0.25) is 0 Å². The number of esters is 1. The van der Waals surface area contributed by atoms with Crippen LogP contribution in [-0.4, -0.2) is 34.0 Å². The zero-order valence-electron chi connectivity index (χ0n) is 17.2. The van der Waals surface area contributed by atoms with Crippen molar-refractivity contribution in [1.29, 1.82) is 0 Å². The molecular formula is C25H27NO4. The lowest BCUT2D eigenvalue weighted by Crippen LogP contribution is -2.22. The highest BCUT2D eigenvalue weighted by molar-refractivity contribution is 5.99. The summed E-state index contributed by atoms with van der Waals surface area (Å²) in [4.78, 5) is 12.2. The molecule has 2 aromatic carbocycles. The molecule has 5 rings (SSSR count). The summed E-state index contributed by atoms with van der Waals surface area (Å²) in [5.74, 6) is 0.0585. The van der Waals surface area contributed by atoms with Crippen molar-refractivity contribution in [1.82, 2.24) is 4.57 Å². The average molecular weight is 405 g/mol. The number of carbonyl (C=O) groups excluding carboxylic acids is 1. The maximum absolute atomic E-state index is 12.2. The molecule has 1 saturated carbocycles. The lowest BCUT2D eigenvalue weighted by atomic mass is 9.81. The molecule has 1 aliphatic heterocycles. The number of benzene rings is 2. The van der Waals surface area contributed by atoms with E-state index in [1.165, 1.54) is 31.9 Å². The van der Waals surface area contributed by atoms with Gasteiger partial charge in [-0.15, -0.1) is 0 Å². The fraction of sp³-hybridized carbons (Fsp3) is 0.400. The van der Waals surface area contributed by atoms with Gasteiger partial charge >= 0.3 is 5.97 Å². The lowest BCUT2D eigenvalue weighted by molar-refractivity contribution is 0.0112. The van der Waals surface area contributed by atoms with Crippen molar-refractivity contribution < 1.29 is 19.7 Å². The fourth-order valence-electron chi connectivity index (χ4n) is 5.37. The number of aliphatic hydroxyl groups is 2. The molecule has 3 aromatic rings. The van der Waals surface area contributed by atoms with Crippen LogP contribution in [0.25, 0.3) is 22.2 Å². The van der Waals surface area contributed by atoms with E-state index in [2.05, 4.69) is 4.57 Å². The molecule has 0 amide bonds. The second-order valence-corrected chi connectivity index (χ2v) is 8.53. The first-order chi connectivity index (χ1) is 14.6. The molecule has 156 valence electrons. The molecule has 0 radical (unpaired) electrons. The highest BCUT2D eigenvalue weighted by atomic mass is 16.5. The predicted molar refractivity (Wildman–Crippen MR) is 116 cm³/mol. The van der Waals surface area contributed by atoms with E-state index in [0.717, 1.165) is 40.6 Å². The normalized spacial score (nSPS) is 21.7. The van der Waals surface area contributed by atoms with Gasteiger partial charge in [0, 0.05) is 16.5 Å². The molecule has 0 bridgehead atoms. The van der Waals surface area contributed by atoms with E-state index >= 15 is 0 Å². The monoisotopic (exact) mass is 405 g/mol. The van der Waals surface area contributed by atoms with E-state index in [1.54, 1.807) is 0 Å². The van der Waals surface area contributed by atoms with Crippen molar-refractivity contribution >= 4 is 16.9 Å². The van der Waals surface area contributed by atoms with Crippen LogP contribution in [0.1, 0.15) is 65.6 Å². The third-order valence-electron chi connectivity index (χ3n) is 6.81. The SMILES string of the molecule is COC(=O)c1ccc2c(C3CCCCC3)c3n(c2c1)C[C@@H](O)[C@@H](O)c1ccccc1-3. The Labute approximate surface area is 175 Å². The Balaban J connectivity index is 1.84. The lowest BCUT2D eigenvalue weighted by Gasteiger charge is -2.24. The Morgan fingerprint density at radius 2 is 1.83 bits per heavy atom. The molecule has 2 atom stereocenters. The van der Waals surface area contributed by atoms with Gasteiger partial charge in [0.2, 0.25) is 0 Å². The molecule has 0 spiro atoms. The zero-order valence-corrected chi connectivity index (χ0v) is 17.2. The minimum Gasteiger partial charge on any atom is -0.465 e. The van der Waals surface area contributed by atoms with Gasteiger partial charge in [0.15, 0.2) is 0 Å². The highest BCUT2D eigenvalue weighted by Gasteiger charge is 2.33. The van der Waals surface area contributed by atoms with Gasteiger partial charge in [0.25, 0.3) is 0 Å². The van der Waals surface area contributed by atoms with Gasteiger partial charge in [0.1, 0.15) is 12.2 Å². The maximum atomic E-state index is 12.2. The second kappa shape index (κ2) is 7.56. The number of carbonyl (C=O) groups is 1. The van der Waals surface area contributed by atoms with Crippen LogP contribution < -0.4 is 0 Å². The van der Waals surface area contributed by atoms with Gasteiger partial charge in [-0.05, 0) is 42.0 Å². The summed E-state index contributed by atoms with van der Waals surface area (Å²) >= 11 is 0. The Kier molecular flexibility index (Phi) is 4.88. The summed E-state index contributed by atoms with van der Waals surface area (Å²) in [6, 6.07) is 13.6. The number of aliphatic hydroxyl groups excluding tert-OH is 2. The molecule has 2 heterocycles. The number of rotatable bonds is 2. The fourth-order valence-corrected chi connectivity index (χ4v) is 5.37. The number of hydrogen-bond acceptors (Lipinski definition) is 4. The number of ether oxygens (including phenoxy) is 1. The van der Waals surface area contributed by atoms with Crippen molar-refractivity contribution in [2.75, 3.05) is 7.11 Å². The van der Waals surface area contributed by atoms with Crippen LogP contribution in [0.3, 0.4) is 0 Å². The summed E-state index contributed by atoms with van der Waals surface area (Å²) in [7, 11) is 1.38. The van der Waals surface area contributed by atoms with Gasteiger partial charge in [-0.1, -0.05) is 49.6 Å². The molecule has 5 heteroatoms. The van der Waals surface area contributed by atoms with Crippen LogP contribution in [0.15, 0.2) is 42.5 Å². The summed E-state index contributed by atoms with van der Waals surface area (Å²) in [6.45, 7) is 0.277. The molecule has 30 heavy (non-hydrogen) atoms. The second-order valence-electron chi connectivity index (χ2n) is 8.53. The van der Waals surface area contributed by atoms with Crippen molar-refractivity contribution in [2.45, 2.75) is 56.8 Å². The van der Waals surface area contributed by atoms with Crippen molar-refractivity contribution in [3.8, 4) is 11.3 Å². The number of hydrogen-bond donors (Lipinski definition) is 2. The molecule has 1 aromatic heterocycles. The van der Waals surface area contributed by atoms with Crippen molar-refractivity contribution in [3.05, 3.63) is 59.2 Å². The van der Waals surface area contributed by atoms with Crippen LogP contribution >= 0.6 is 0 Å². The van der Waals surface area contributed by atoms with E-state index in [4.69, 9.17) is 4.74 Å². The molecule has 1 fully saturated rings. The molecule has 5 nitrogen and oxygen atoms in total. The van der Waals surface area contributed by atoms with E-state index in [-0.39, 0.29) is 12.5 Å². The molecule has 2 N–H and O–H groups in total. The van der Waals surface area contributed by atoms with E-state index < -0.39 is 12.2 Å². The molecular weight excluding hydrogens is 378 g/mol. The minimum atomic E-state index is -0.945. The number of methoxy groups -OCH3 is 1. The quantitative estimate of drug-likeness (QED) is 0.614. The standard InChI is InChI=1S/C25H27NO4/c1-30-25(29)16-11-12-19-20(13-16)26-14-21(27)24(28)18-10-6-5-9-17(18)23(26)22(19)15-7-3-2-4-8-15/h5-6,9-13,15,21,24,27-28H,2-4,7-8,14H2,1H3/t21-,24+/m1/s1. The third kappa shape index (κ3) is 2.96. The number of fused-ring (bicyclic) bond motifs is 5. The summed E-state index contributed by atoms with van der Waals surface area (Å²) < 4.78 is 7.04. The van der Waals surface area contributed by atoms with Crippen LogP contribution in [0, 0.1) is 0 Å². The Morgan fingerprint density at radius 3 is 2.60 bits per heavy atom. The first-order valence-electron chi connectivity index (χ1n) is 10.8. The minimum absolute atomic E-state index is 0.277. The molecule has 0 unspecified atom stereocenters. The molecule has 0 saturated heterocycles. The van der Waals surface area contributed by atoms with Gasteiger partial charge in [-0.25, -0.2) is 4.79 Å². The predicted octanol–water partition coefficient (Wildman–Crippen LogP) is 4.55. The van der Waals surface area contributed by atoms with Crippen LogP contribution in [-0.2, 0) is 11.3 Å². The Hall–Kier alpha value is -2.63. The van der Waals surface area contributed by atoms with Crippen LogP contribution in [0.5, 0.6) is 0 Å². The zero-order chi connectivity index (χ0) is 20.8. The highest BCUT2D eigenvalue weighted by Crippen LogP contribution is 2.47. The van der Waals surface area contributed by atoms with Gasteiger partial charge < -0.3 is 19.5 Å². The van der Waals surface area contributed by atoms with Gasteiger partial charge in [0.05, 0.1) is 24.9 Å². The third-order valence-corrected chi connectivity index (χ3v) is 6.81. The number of aromatic nitrogens is 1. The first kappa shape index (κ1) is 19.3. The van der Waals surface area contributed by atoms with E-state index in [0.29, 0.717) is 11.5 Å². The average Bonchev–Trinajstić information content (AvgIpc) is 3.06. The molecule has 2 aliphatic rings. The van der Waals surface area contributed by atoms with E-state index in [1.807, 2.05) is 42.5 Å². The molecule has 1 aliphatic carbocycles. The summed E-state index contributed by atoms with van der Waals surface area (Å²) in [6.07, 6.45) is 4.10. The number of nitrogens with zero attached hydrogens (tertiary/aromatic N) is 1. The first-order valence-corrected chi connectivity index (χ1v) is 10.8.